The van der Waals surface area contributed by atoms with E-state index < -0.39 is 5.82 Å². The number of aromatic nitrogens is 3. The molecule has 0 bridgehead atoms. The zero-order valence-corrected chi connectivity index (χ0v) is 20.6. The number of halogens is 1. The van der Waals surface area contributed by atoms with Crippen LogP contribution in [0, 0.1) is 5.82 Å². The van der Waals surface area contributed by atoms with Crippen LogP contribution in [0.1, 0.15) is 53.7 Å². The zero-order chi connectivity index (χ0) is 26.1. The Hall–Kier alpha value is -4.86. The van der Waals surface area contributed by atoms with Gasteiger partial charge in [-0.25, -0.2) is 9.37 Å². The van der Waals surface area contributed by atoms with Gasteiger partial charge in [-0.15, -0.1) is 0 Å². The van der Waals surface area contributed by atoms with Crippen molar-refractivity contribution < 1.29 is 13.6 Å². The Bertz CT molecular complexity index is 1620. The summed E-state index contributed by atoms with van der Waals surface area (Å²) in [6.45, 7) is 2.72. The van der Waals surface area contributed by atoms with E-state index in [0.717, 1.165) is 28.8 Å². The summed E-state index contributed by atoms with van der Waals surface area (Å²) in [4.78, 5) is 28.8. The monoisotopic (exact) mass is 509 g/mol. The predicted molar refractivity (Wildman–Crippen MR) is 142 cm³/mol. The molecule has 6 rings (SSSR count). The number of aromatic amines is 1. The number of furan rings is 1. The SMILES string of the molecule is CCCC(=O)Nc1cncc(-c2ccc3c(c2F)C(c2nc4c([nH]2)CN=CC=C4c2ccoc2)=NNC3)c1. The molecule has 0 fully saturated rings. The molecular formula is C28H24FN7O2. The summed E-state index contributed by atoms with van der Waals surface area (Å²) in [5.74, 6) is -0.106. The number of allylic oxidation sites excluding steroid dienone is 1. The largest absolute Gasteiger partial charge is 0.472 e. The molecule has 0 saturated heterocycles. The van der Waals surface area contributed by atoms with E-state index in [1.54, 1.807) is 43.3 Å². The highest BCUT2D eigenvalue weighted by atomic mass is 19.1. The van der Waals surface area contributed by atoms with Crippen LogP contribution in [0.5, 0.6) is 0 Å². The number of hydrazone groups is 1. The molecule has 38 heavy (non-hydrogen) atoms. The van der Waals surface area contributed by atoms with Crippen molar-refractivity contribution in [3.63, 3.8) is 0 Å². The first-order valence-electron chi connectivity index (χ1n) is 12.3. The van der Waals surface area contributed by atoms with E-state index >= 15 is 4.39 Å². The molecule has 0 aliphatic carbocycles. The highest BCUT2D eigenvalue weighted by Crippen LogP contribution is 2.33. The van der Waals surface area contributed by atoms with Crippen LogP contribution in [0.4, 0.5) is 10.1 Å². The summed E-state index contributed by atoms with van der Waals surface area (Å²) in [7, 11) is 0. The highest BCUT2D eigenvalue weighted by molar-refractivity contribution is 6.13. The normalized spacial score (nSPS) is 14.1. The molecule has 2 aliphatic heterocycles. The molecule has 0 atom stereocenters. The number of carbonyl (C=O) groups excluding carboxylic acids is 1. The lowest BCUT2D eigenvalue weighted by Gasteiger charge is -2.19. The molecule has 0 saturated carbocycles. The van der Waals surface area contributed by atoms with Gasteiger partial charge in [0.05, 0.1) is 48.9 Å². The Balaban J connectivity index is 1.39. The fraction of sp³-hybridized carbons (Fsp3) is 0.179. The topological polar surface area (TPSA) is 121 Å². The molecule has 0 unspecified atom stereocenters. The second-order valence-corrected chi connectivity index (χ2v) is 9.01. The molecule has 0 radical (unpaired) electrons. The molecule has 1 amide bonds. The minimum absolute atomic E-state index is 0.108. The van der Waals surface area contributed by atoms with Crippen molar-refractivity contribution in [3.8, 4) is 11.1 Å². The number of aliphatic imine (C=N–C) groups is 1. The van der Waals surface area contributed by atoms with Crippen molar-refractivity contribution in [1.29, 1.82) is 0 Å². The van der Waals surface area contributed by atoms with Gasteiger partial charge in [0.2, 0.25) is 5.91 Å². The Kier molecular flexibility index (Phi) is 6.12. The molecule has 2 aliphatic rings. The van der Waals surface area contributed by atoms with Gasteiger partial charge in [0.1, 0.15) is 11.5 Å². The first-order valence-corrected chi connectivity index (χ1v) is 12.3. The predicted octanol–water partition coefficient (Wildman–Crippen LogP) is 4.81. The summed E-state index contributed by atoms with van der Waals surface area (Å²) in [6, 6.07) is 7.17. The van der Waals surface area contributed by atoms with E-state index in [2.05, 4.69) is 30.8 Å². The van der Waals surface area contributed by atoms with Gasteiger partial charge in [-0.1, -0.05) is 19.1 Å². The maximum absolute atomic E-state index is 16.2. The minimum Gasteiger partial charge on any atom is -0.472 e. The minimum atomic E-state index is -0.434. The van der Waals surface area contributed by atoms with Crippen LogP contribution < -0.4 is 10.7 Å². The molecular weight excluding hydrogens is 485 g/mol. The fourth-order valence-corrected chi connectivity index (χ4v) is 4.64. The summed E-state index contributed by atoms with van der Waals surface area (Å²) in [5, 5.41) is 7.27. The number of hydrogen-bond donors (Lipinski definition) is 3. The Morgan fingerprint density at radius 1 is 1.21 bits per heavy atom. The lowest BCUT2D eigenvalue weighted by atomic mass is 9.94. The van der Waals surface area contributed by atoms with Crippen molar-refractivity contribution in [2.24, 2.45) is 10.1 Å². The van der Waals surface area contributed by atoms with Gasteiger partial charge < -0.3 is 20.1 Å². The number of benzene rings is 1. The molecule has 3 N–H and O–H groups in total. The van der Waals surface area contributed by atoms with E-state index in [-0.39, 0.29) is 5.91 Å². The number of anilines is 1. The Morgan fingerprint density at radius 2 is 2.13 bits per heavy atom. The second-order valence-electron chi connectivity index (χ2n) is 9.01. The maximum atomic E-state index is 16.2. The van der Waals surface area contributed by atoms with Crippen molar-refractivity contribution in [3.05, 3.63) is 95.0 Å². The van der Waals surface area contributed by atoms with Gasteiger partial charge in [0.15, 0.2) is 5.82 Å². The molecule has 5 heterocycles. The molecule has 190 valence electrons. The highest BCUT2D eigenvalue weighted by Gasteiger charge is 2.27. The summed E-state index contributed by atoms with van der Waals surface area (Å²) in [5.41, 5.74) is 9.13. The van der Waals surface area contributed by atoms with Crippen LogP contribution >= 0.6 is 0 Å². The van der Waals surface area contributed by atoms with E-state index in [0.29, 0.717) is 59.1 Å². The van der Waals surface area contributed by atoms with Crippen molar-refractivity contribution in [2.45, 2.75) is 32.9 Å². The van der Waals surface area contributed by atoms with E-state index in [4.69, 9.17) is 9.40 Å². The average Bonchev–Trinajstić information content (AvgIpc) is 3.56. The number of imidazole rings is 1. The lowest BCUT2D eigenvalue weighted by molar-refractivity contribution is -0.116. The maximum Gasteiger partial charge on any atom is 0.224 e. The fourth-order valence-electron chi connectivity index (χ4n) is 4.64. The van der Waals surface area contributed by atoms with Crippen LogP contribution in [0.25, 0.3) is 16.7 Å². The molecule has 4 aromatic rings. The van der Waals surface area contributed by atoms with Gasteiger partial charge in [0, 0.05) is 46.7 Å². The summed E-state index contributed by atoms with van der Waals surface area (Å²) < 4.78 is 21.5. The van der Waals surface area contributed by atoms with Crippen LogP contribution in [0.15, 0.2) is 69.8 Å². The molecule has 3 aromatic heterocycles. The first-order chi connectivity index (χ1) is 18.6. The third-order valence-corrected chi connectivity index (χ3v) is 6.42. The number of H-pyrrole nitrogens is 1. The summed E-state index contributed by atoms with van der Waals surface area (Å²) in [6.07, 6.45) is 11.1. The number of pyridine rings is 1. The average molecular weight is 510 g/mol. The smallest absolute Gasteiger partial charge is 0.224 e. The van der Waals surface area contributed by atoms with Crippen molar-refractivity contribution in [1.82, 2.24) is 20.4 Å². The number of carbonyl (C=O) groups is 1. The third kappa shape index (κ3) is 4.30. The van der Waals surface area contributed by atoms with Gasteiger partial charge in [-0.05, 0) is 30.2 Å². The quantitative estimate of drug-likeness (QED) is 0.344. The Morgan fingerprint density at radius 3 is 2.97 bits per heavy atom. The van der Waals surface area contributed by atoms with Crippen molar-refractivity contribution in [2.75, 3.05) is 5.32 Å². The molecule has 0 spiro atoms. The van der Waals surface area contributed by atoms with E-state index in [1.165, 1.54) is 0 Å². The summed E-state index contributed by atoms with van der Waals surface area (Å²) >= 11 is 0. The van der Waals surface area contributed by atoms with Crippen LogP contribution in [0.2, 0.25) is 0 Å². The number of rotatable bonds is 6. The number of fused-ring (bicyclic) bond motifs is 2. The first kappa shape index (κ1) is 23.5. The molecule has 9 nitrogen and oxygen atoms in total. The lowest BCUT2D eigenvalue weighted by Crippen LogP contribution is -2.24. The van der Waals surface area contributed by atoms with Gasteiger partial charge in [-0.2, -0.15) is 5.10 Å². The number of nitrogens with one attached hydrogen (secondary N) is 3. The van der Waals surface area contributed by atoms with Crippen molar-refractivity contribution >= 4 is 29.1 Å². The number of hydrogen-bond acceptors (Lipinski definition) is 7. The molecule has 10 heteroatoms. The van der Waals surface area contributed by atoms with Gasteiger partial charge in [-0.3, -0.25) is 14.8 Å². The number of nitrogens with zero attached hydrogens (tertiary/aromatic N) is 4. The van der Waals surface area contributed by atoms with Gasteiger partial charge >= 0.3 is 0 Å². The molecule has 1 aromatic carbocycles. The zero-order valence-electron chi connectivity index (χ0n) is 20.6. The standard InChI is InChI=1S/C28H24FN7O2/c1-2-3-23(37)33-19-10-18(11-31-13-19)20-5-4-16-12-32-36-27(24(16)25(20)29)28-34-22-14-30-8-6-21(26(22)35-28)17-7-9-38-15-17/h4-11,13,15,32H,2-3,12,14H2,1H3,(H,33,37)(H,34,35). The Labute approximate surface area is 217 Å². The second kappa shape index (κ2) is 9.89. The van der Waals surface area contributed by atoms with Gasteiger partial charge in [0.25, 0.3) is 0 Å². The third-order valence-electron chi connectivity index (χ3n) is 6.42. The van der Waals surface area contributed by atoms with E-state index in [1.807, 2.05) is 25.1 Å². The van der Waals surface area contributed by atoms with Crippen LogP contribution in [0.3, 0.4) is 0 Å². The van der Waals surface area contributed by atoms with Crippen LogP contribution in [-0.4, -0.2) is 32.8 Å². The van der Waals surface area contributed by atoms with Crippen LogP contribution in [-0.2, 0) is 17.9 Å². The van der Waals surface area contributed by atoms with E-state index in [9.17, 15) is 4.79 Å². The number of amides is 1.